The number of aromatic amines is 1. The third-order valence-corrected chi connectivity index (χ3v) is 17.4. The summed E-state index contributed by atoms with van der Waals surface area (Å²) in [6.07, 6.45) is 2.96. The molecule has 5 aromatic carbocycles. The molecule has 80 heavy (non-hydrogen) atoms. The predicted octanol–water partition coefficient (Wildman–Crippen LogP) is 9.40. The average Bonchev–Trinajstić information content (AvgIpc) is 3.97. The molecular formula is C60H74N7O11PS. The summed E-state index contributed by atoms with van der Waals surface area (Å²) < 4.78 is 71.7. The number of benzene rings is 5. The average molecular weight is 1130 g/mol. The standard InChI is InChI=1S/C60H74N7O11PS/c1-42(2)67(43(3)4)79(76-38-18-35-61)78-53-40-58(77-54(53)41-75-60(44-19-12-11-13-20-44,45-25-30-48(73-7)31-26-45)46-27-32-49(74-8)33-28-46)66-47(39-57(69)64-59(66)70)29-34-56(68)62-36-14-9-10-15-37-63-80(71,72)55-24-17-21-50-51(55)22-16-23-52(50)65(5)6/h11-13,16-17,19-34,39,42-43,53-54,58,63H,9-10,14-15,18,36-38,40-41H2,1-8H3,(H,62,68)(H,64,69,70)/b34-29+/t53-,54+,58+,79?/m0/s1. The molecule has 6 aromatic rings. The van der Waals surface area contributed by atoms with Gasteiger partial charge in [-0.25, -0.2) is 22.6 Å². The molecular weight excluding hydrogens is 1060 g/mol. The van der Waals surface area contributed by atoms with E-state index in [-0.39, 0.29) is 55.3 Å². The summed E-state index contributed by atoms with van der Waals surface area (Å²) >= 11 is 0. The molecule has 0 spiro atoms. The maximum Gasteiger partial charge on any atom is 0.330 e. The number of hydrogen-bond donors (Lipinski definition) is 3. The van der Waals surface area contributed by atoms with E-state index < -0.39 is 59.7 Å². The number of aromatic nitrogens is 2. The number of nitriles is 1. The second-order valence-corrected chi connectivity index (χ2v) is 23.2. The zero-order valence-electron chi connectivity index (χ0n) is 46.8. The minimum Gasteiger partial charge on any atom is -0.497 e. The van der Waals surface area contributed by atoms with Crippen LogP contribution in [0.2, 0.25) is 0 Å². The van der Waals surface area contributed by atoms with Gasteiger partial charge >= 0.3 is 5.69 Å². The Morgan fingerprint density at radius 2 is 1.45 bits per heavy atom. The fourth-order valence-corrected chi connectivity index (χ4v) is 13.0. The predicted molar refractivity (Wildman–Crippen MR) is 312 cm³/mol. The maximum absolute atomic E-state index is 14.0. The molecule has 0 saturated carbocycles. The van der Waals surface area contributed by atoms with Crippen molar-refractivity contribution in [3.63, 3.8) is 0 Å². The van der Waals surface area contributed by atoms with Gasteiger partial charge in [-0.15, -0.1) is 0 Å². The van der Waals surface area contributed by atoms with Gasteiger partial charge < -0.3 is 38.2 Å². The van der Waals surface area contributed by atoms with Gasteiger partial charge in [-0.2, -0.15) is 5.26 Å². The Labute approximate surface area is 470 Å². The lowest BCUT2D eigenvalue weighted by Gasteiger charge is -2.39. The number of rotatable bonds is 29. The molecule has 0 radical (unpaired) electrons. The summed E-state index contributed by atoms with van der Waals surface area (Å²) in [6.45, 7) is 8.80. The Morgan fingerprint density at radius 1 is 0.838 bits per heavy atom. The van der Waals surface area contributed by atoms with Crippen molar-refractivity contribution in [1.29, 1.82) is 5.26 Å². The molecule has 20 heteroatoms. The number of nitrogens with zero attached hydrogens (tertiary/aromatic N) is 4. The van der Waals surface area contributed by atoms with Crippen LogP contribution < -0.4 is 35.7 Å². The topological polar surface area (TPSA) is 216 Å². The van der Waals surface area contributed by atoms with Crippen LogP contribution in [0.15, 0.2) is 142 Å². The second kappa shape index (κ2) is 28.6. The molecule has 1 fully saturated rings. The Kier molecular flexibility index (Phi) is 21.8. The highest BCUT2D eigenvalue weighted by Gasteiger charge is 2.45. The van der Waals surface area contributed by atoms with Crippen LogP contribution in [0.5, 0.6) is 11.5 Å². The van der Waals surface area contributed by atoms with Crippen molar-refractivity contribution < 1.29 is 41.2 Å². The van der Waals surface area contributed by atoms with Crippen LogP contribution in [-0.4, -0.2) is 107 Å². The molecule has 3 N–H and O–H groups in total. The molecule has 4 atom stereocenters. The number of carbonyl (C=O) groups excluding carboxylic acids is 1. The quantitative estimate of drug-likeness (QED) is 0.0173. The van der Waals surface area contributed by atoms with Gasteiger partial charge in [0.2, 0.25) is 15.9 Å². The zero-order chi connectivity index (χ0) is 57.4. The lowest BCUT2D eigenvalue weighted by atomic mass is 9.80. The number of carbonyl (C=O) groups is 1. The van der Waals surface area contributed by atoms with Crippen molar-refractivity contribution in [3.05, 3.63) is 171 Å². The fourth-order valence-electron chi connectivity index (χ4n) is 9.97. The highest BCUT2D eigenvalue weighted by Crippen LogP contribution is 2.51. The van der Waals surface area contributed by atoms with Crippen LogP contribution in [0.25, 0.3) is 16.8 Å². The van der Waals surface area contributed by atoms with Gasteiger partial charge in [-0.1, -0.05) is 91.7 Å². The van der Waals surface area contributed by atoms with E-state index in [0.29, 0.717) is 36.3 Å². The highest BCUT2D eigenvalue weighted by atomic mass is 32.2. The normalized spacial score (nSPS) is 16.1. The maximum atomic E-state index is 14.0. The molecule has 1 unspecified atom stereocenters. The summed E-state index contributed by atoms with van der Waals surface area (Å²) in [5.41, 5.74) is 0.776. The minimum atomic E-state index is -3.76. The third kappa shape index (κ3) is 15.0. The monoisotopic (exact) mass is 1130 g/mol. The smallest absolute Gasteiger partial charge is 0.330 e. The van der Waals surface area contributed by atoms with Crippen LogP contribution in [0.3, 0.4) is 0 Å². The lowest BCUT2D eigenvalue weighted by Crippen LogP contribution is -2.39. The molecule has 7 rings (SSSR count). The van der Waals surface area contributed by atoms with Gasteiger partial charge in [0, 0.05) is 74.3 Å². The number of ether oxygens (including phenoxy) is 4. The molecule has 2 heterocycles. The van der Waals surface area contributed by atoms with Crippen molar-refractivity contribution in [1.82, 2.24) is 24.3 Å². The summed E-state index contributed by atoms with van der Waals surface area (Å²) in [5, 5.41) is 13.9. The first-order chi connectivity index (χ1) is 38.5. The second-order valence-electron chi connectivity index (χ2n) is 20.1. The van der Waals surface area contributed by atoms with Crippen molar-refractivity contribution in [2.75, 3.05) is 59.5 Å². The van der Waals surface area contributed by atoms with Gasteiger partial charge in [0.05, 0.1) is 56.6 Å². The van der Waals surface area contributed by atoms with Crippen LogP contribution in [0.4, 0.5) is 5.69 Å². The van der Waals surface area contributed by atoms with E-state index >= 15 is 0 Å². The Balaban J connectivity index is 1.09. The SMILES string of the molecule is COc1ccc(C(OC[C@H]2O[C@@H](n3c(/C=C/C(=O)NCCCCCCNS(=O)(=O)c4cccc5c(N(C)C)cccc45)cc(=O)[nH]c3=O)C[C@@H]2OP(OCCC#N)N(C(C)C)C(C)C)(c2ccccc2)c2ccc(OC)cc2)cc1. The molecule has 1 amide bonds. The van der Waals surface area contributed by atoms with Crippen molar-refractivity contribution in [2.45, 2.75) is 107 Å². The van der Waals surface area contributed by atoms with Crippen LogP contribution >= 0.6 is 8.53 Å². The molecule has 1 aliphatic heterocycles. The zero-order valence-corrected chi connectivity index (χ0v) is 48.5. The van der Waals surface area contributed by atoms with Gasteiger partial charge in [-0.3, -0.25) is 19.1 Å². The summed E-state index contributed by atoms with van der Waals surface area (Å²) in [5.74, 6) is 0.871. The first-order valence-electron chi connectivity index (χ1n) is 26.9. The number of hydrogen-bond acceptors (Lipinski definition) is 14. The van der Waals surface area contributed by atoms with Crippen molar-refractivity contribution in [2.24, 2.45) is 0 Å². The molecule has 1 aliphatic rings. The first kappa shape index (κ1) is 60.9. The van der Waals surface area contributed by atoms with Crippen LogP contribution in [0, 0.1) is 11.3 Å². The number of H-pyrrole nitrogens is 1. The number of anilines is 1. The van der Waals surface area contributed by atoms with Crippen molar-refractivity contribution >= 4 is 47.0 Å². The lowest BCUT2D eigenvalue weighted by molar-refractivity contribution is -0.116. The van der Waals surface area contributed by atoms with E-state index in [2.05, 4.69) is 25.8 Å². The minimum absolute atomic E-state index is 0.0237. The van der Waals surface area contributed by atoms with Crippen LogP contribution in [-0.2, 0) is 38.9 Å². The molecule has 0 bridgehead atoms. The molecule has 1 aromatic heterocycles. The third-order valence-electron chi connectivity index (χ3n) is 13.7. The summed E-state index contributed by atoms with van der Waals surface area (Å²) in [4.78, 5) is 44.8. The van der Waals surface area contributed by atoms with Crippen LogP contribution in [0.1, 0.15) is 94.8 Å². The van der Waals surface area contributed by atoms with E-state index in [4.69, 9.17) is 28.0 Å². The summed E-state index contributed by atoms with van der Waals surface area (Å²) in [7, 11) is 1.48. The van der Waals surface area contributed by atoms with E-state index in [9.17, 15) is 28.1 Å². The van der Waals surface area contributed by atoms with E-state index in [0.717, 1.165) is 40.6 Å². The number of sulfonamides is 1. The Bertz CT molecular complexity index is 3240. The molecule has 18 nitrogen and oxygen atoms in total. The first-order valence-corrected chi connectivity index (χ1v) is 29.5. The molecule has 0 aliphatic carbocycles. The number of fused-ring (bicyclic) bond motifs is 1. The van der Waals surface area contributed by atoms with E-state index in [1.54, 1.807) is 26.4 Å². The van der Waals surface area contributed by atoms with Gasteiger partial charge in [0.25, 0.3) is 14.1 Å². The highest BCUT2D eigenvalue weighted by molar-refractivity contribution is 7.89. The van der Waals surface area contributed by atoms with Gasteiger partial charge in [0.15, 0.2) is 0 Å². The number of nitrogens with one attached hydrogen (secondary N) is 3. The largest absolute Gasteiger partial charge is 0.497 e. The molecule has 426 valence electrons. The van der Waals surface area contributed by atoms with Gasteiger partial charge in [0.1, 0.15) is 29.4 Å². The number of unbranched alkanes of at least 4 members (excludes halogenated alkanes) is 3. The molecule has 1 saturated heterocycles. The van der Waals surface area contributed by atoms with E-state index in [1.807, 2.05) is 150 Å². The van der Waals surface area contributed by atoms with Gasteiger partial charge in [-0.05, 0) is 99.7 Å². The van der Waals surface area contributed by atoms with E-state index in [1.165, 1.54) is 22.8 Å². The Hall–Kier alpha value is -6.72. The van der Waals surface area contributed by atoms with Crippen molar-refractivity contribution in [3.8, 4) is 17.6 Å². The fraction of sp³-hybridized carbons (Fsp3) is 0.400. The Morgan fingerprint density at radius 3 is 2.06 bits per heavy atom. The number of amides is 1. The summed E-state index contributed by atoms with van der Waals surface area (Å²) in [6, 6.07) is 39.3. The number of methoxy groups -OCH3 is 2.